The molecule has 150 valence electrons. The summed E-state index contributed by atoms with van der Waals surface area (Å²) in [5.74, 6) is -1.03. The van der Waals surface area contributed by atoms with Gasteiger partial charge in [0.25, 0.3) is 5.91 Å². The van der Waals surface area contributed by atoms with Crippen LogP contribution in [-0.4, -0.2) is 31.2 Å². The van der Waals surface area contributed by atoms with E-state index >= 15 is 0 Å². The summed E-state index contributed by atoms with van der Waals surface area (Å²) in [4.78, 5) is 28.0. The molecule has 0 spiro atoms. The van der Waals surface area contributed by atoms with Crippen molar-refractivity contribution in [1.29, 1.82) is 0 Å². The van der Waals surface area contributed by atoms with Crippen molar-refractivity contribution in [2.45, 2.75) is 25.7 Å². The summed E-state index contributed by atoms with van der Waals surface area (Å²) < 4.78 is 32.5. The minimum Gasteiger partial charge on any atom is -0.481 e. The van der Waals surface area contributed by atoms with Crippen LogP contribution in [0, 0.1) is 0 Å². The van der Waals surface area contributed by atoms with E-state index in [1.807, 2.05) is 16.9 Å². The van der Waals surface area contributed by atoms with Crippen LogP contribution in [0.3, 0.4) is 0 Å². The maximum Gasteiger partial charge on any atom is 0.274 e. The van der Waals surface area contributed by atoms with Gasteiger partial charge in [0.1, 0.15) is 5.75 Å². The molecule has 3 rings (SSSR count). The topological polar surface area (TPSA) is 102 Å². The number of para-hydroxylation sites is 1. The van der Waals surface area contributed by atoms with Crippen LogP contribution in [0.4, 0.5) is 0 Å². The molecule has 0 saturated carbocycles. The summed E-state index contributed by atoms with van der Waals surface area (Å²) in [6.45, 7) is 2.86. The van der Waals surface area contributed by atoms with Crippen molar-refractivity contribution in [3.05, 3.63) is 71.9 Å². The van der Waals surface area contributed by atoms with E-state index in [1.54, 1.807) is 42.6 Å². The fourth-order valence-corrected chi connectivity index (χ4v) is 3.99. The minimum absolute atomic E-state index is 0.140. The number of sulfonamides is 1. The number of hydrogen-bond donors (Lipinski definition) is 1. The van der Waals surface area contributed by atoms with Crippen molar-refractivity contribution in [1.82, 2.24) is 9.71 Å². The molecule has 8 heteroatoms. The van der Waals surface area contributed by atoms with Gasteiger partial charge in [0.15, 0.2) is 11.9 Å². The Morgan fingerprint density at radius 1 is 1.10 bits per heavy atom. The first kappa shape index (κ1) is 20.5. The number of carbonyl (C=O) groups is 2. The van der Waals surface area contributed by atoms with Gasteiger partial charge in [0, 0.05) is 17.1 Å². The standard InChI is InChI=1S/C21H20N2O5S/c1-14(24)17-7-4-10-19(12-17)28-15(2)21(25)23-29(26,27)13-18-8-3-6-16-9-5-11-22-20(16)18/h3-12,15H,13H2,1-2H3,(H,23,25). The minimum atomic E-state index is -3.96. The average Bonchev–Trinajstić information content (AvgIpc) is 2.68. The van der Waals surface area contributed by atoms with Crippen molar-refractivity contribution in [2.24, 2.45) is 0 Å². The number of nitrogens with one attached hydrogen (secondary N) is 1. The molecular formula is C21H20N2O5S. The summed E-state index contributed by atoms with van der Waals surface area (Å²) in [5.41, 5.74) is 1.50. The van der Waals surface area contributed by atoms with E-state index in [0.29, 0.717) is 22.4 Å². The SMILES string of the molecule is CC(=O)c1cccc(OC(C)C(=O)NS(=O)(=O)Cc2cccc3cccnc23)c1. The number of hydrogen-bond acceptors (Lipinski definition) is 6. The number of rotatable bonds is 7. The second-order valence-electron chi connectivity index (χ2n) is 6.56. The van der Waals surface area contributed by atoms with Crippen LogP contribution in [0.15, 0.2) is 60.8 Å². The Bertz CT molecular complexity index is 1170. The molecule has 7 nitrogen and oxygen atoms in total. The van der Waals surface area contributed by atoms with Crippen molar-refractivity contribution >= 4 is 32.6 Å². The van der Waals surface area contributed by atoms with Gasteiger partial charge in [-0.15, -0.1) is 0 Å². The monoisotopic (exact) mass is 412 g/mol. The molecular weight excluding hydrogens is 392 g/mol. The van der Waals surface area contributed by atoms with Crippen LogP contribution in [0.25, 0.3) is 10.9 Å². The van der Waals surface area contributed by atoms with Crippen molar-refractivity contribution in [2.75, 3.05) is 0 Å². The largest absolute Gasteiger partial charge is 0.481 e. The Hall–Kier alpha value is -3.26. The molecule has 1 unspecified atom stereocenters. The van der Waals surface area contributed by atoms with E-state index in [0.717, 1.165) is 5.39 Å². The molecule has 0 aliphatic heterocycles. The smallest absolute Gasteiger partial charge is 0.274 e. The summed E-state index contributed by atoms with van der Waals surface area (Å²) in [6.07, 6.45) is 0.514. The van der Waals surface area contributed by atoms with Gasteiger partial charge in [-0.3, -0.25) is 14.6 Å². The molecule has 0 fully saturated rings. The van der Waals surface area contributed by atoms with E-state index in [1.165, 1.54) is 19.9 Å². The van der Waals surface area contributed by atoms with Crippen molar-refractivity contribution < 1.29 is 22.7 Å². The molecule has 1 amide bonds. The third-order valence-corrected chi connectivity index (χ3v) is 5.44. The highest BCUT2D eigenvalue weighted by Crippen LogP contribution is 2.18. The first-order chi connectivity index (χ1) is 13.7. The van der Waals surface area contributed by atoms with Crippen LogP contribution in [0.5, 0.6) is 5.75 Å². The van der Waals surface area contributed by atoms with Gasteiger partial charge in [-0.1, -0.05) is 36.4 Å². The molecule has 1 atom stereocenters. The van der Waals surface area contributed by atoms with Gasteiger partial charge < -0.3 is 4.74 Å². The zero-order chi connectivity index (χ0) is 21.0. The van der Waals surface area contributed by atoms with Crippen LogP contribution < -0.4 is 9.46 Å². The molecule has 1 aromatic heterocycles. The highest BCUT2D eigenvalue weighted by molar-refractivity contribution is 7.89. The average molecular weight is 412 g/mol. The molecule has 29 heavy (non-hydrogen) atoms. The third-order valence-electron chi connectivity index (χ3n) is 4.24. The predicted octanol–water partition coefficient (Wildman–Crippen LogP) is 2.85. The lowest BCUT2D eigenvalue weighted by atomic mass is 10.1. The lowest BCUT2D eigenvalue weighted by Gasteiger charge is -2.15. The van der Waals surface area contributed by atoms with Crippen LogP contribution in [0.1, 0.15) is 29.8 Å². The summed E-state index contributed by atoms with van der Waals surface area (Å²) >= 11 is 0. The van der Waals surface area contributed by atoms with Gasteiger partial charge in [-0.2, -0.15) is 0 Å². The molecule has 0 aliphatic rings. The Balaban J connectivity index is 1.70. The van der Waals surface area contributed by atoms with Crippen LogP contribution in [-0.2, 0) is 20.6 Å². The van der Waals surface area contributed by atoms with Gasteiger partial charge in [0.2, 0.25) is 10.0 Å². The zero-order valence-electron chi connectivity index (χ0n) is 16.0. The molecule has 1 heterocycles. The molecule has 3 aromatic rings. The zero-order valence-corrected chi connectivity index (χ0v) is 16.8. The second-order valence-corrected chi connectivity index (χ2v) is 8.28. The van der Waals surface area contributed by atoms with Crippen LogP contribution >= 0.6 is 0 Å². The fourth-order valence-electron chi connectivity index (χ4n) is 2.81. The van der Waals surface area contributed by atoms with Gasteiger partial charge >= 0.3 is 0 Å². The fraction of sp³-hybridized carbons (Fsp3) is 0.190. The maximum atomic E-state index is 12.5. The predicted molar refractivity (Wildman–Crippen MR) is 109 cm³/mol. The Labute approximate surface area is 168 Å². The van der Waals surface area contributed by atoms with Gasteiger partial charge in [-0.25, -0.2) is 13.1 Å². The summed E-state index contributed by atoms with van der Waals surface area (Å²) in [5, 5.41) is 0.814. The number of ketones is 1. The molecule has 2 aromatic carbocycles. The molecule has 0 bridgehead atoms. The second kappa shape index (κ2) is 8.40. The van der Waals surface area contributed by atoms with E-state index in [9.17, 15) is 18.0 Å². The third kappa shape index (κ3) is 5.17. The Morgan fingerprint density at radius 3 is 2.59 bits per heavy atom. The summed E-state index contributed by atoms with van der Waals surface area (Å²) in [7, 11) is -3.96. The van der Waals surface area contributed by atoms with Crippen molar-refractivity contribution in [3.63, 3.8) is 0 Å². The van der Waals surface area contributed by atoms with E-state index < -0.39 is 22.0 Å². The number of carbonyl (C=O) groups excluding carboxylic acids is 2. The first-order valence-electron chi connectivity index (χ1n) is 8.90. The van der Waals surface area contributed by atoms with Gasteiger partial charge in [0.05, 0.1) is 11.3 Å². The number of benzene rings is 2. The number of amides is 1. The van der Waals surface area contributed by atoms with Gasteiger partial charge in [-0.05, 0) is 37.6 Å². The number of fused-ring (bicyclic) bond motifs is 1. The lowest BCUT2D eigenvalue weighted by Crippen LogP contribution is -2.40. The van der Waals surface area contributed by atoms with E-state index in [2.05, 4.69) is 4.98 Å². The maximum absolute atomic E-state index is 12.5. The Kier molecular flexibility index (Phi) is 5.93. The highest BCUT2D eigenvalue weighted by Gasteiger charge is 2.22. The Morgan fingerprint density at radius 2 is 1.83 bits per heavy atom. The number of pyridine rings is 1. The lowest BCUT2D eigenvalue weighted by molar-refractivity contribution is -0.125. The van der Waals surface area contributed by atoms with Crippen molar-refractivity contribution in [3.8, 4) is 5.75 Å². The van der Waals surface area contributed by atoms with E-state index in [-0.39, 0.29) is 11.5 Å². The molecule has 0 saturated heterocycles. The van der Waals surface area contributed by atoms with Crippen LogP contribution in [0.2, 0.25) is 0 Å². The number of nitrogens with zero attached hydrogens (tertiary/aromatic N) is 1. The normalized spacial score (nSPS) is 12.3. The summed E-state index contributed by atoms with van der Waals surface area (Å²) in [6, 6.07) is 15.2. The first-order valence-corrected chi connectivity index (χ1v) is 10.5. The number of Topliss-reactive ketones (excluding diaryl/α,β-unsaturated/α-hetero) is 1. The van der Waals surface area contributed by atoms with E-state index in [4.69, 9.17) is 4.74 Å². The molecule has 1 N–H and O–H groups in total. The quantitative estimate of drug-likeness (QED) is 0.599. The highest BCUT2D eigenvalue weighted by atomic mass is 32.2. The molecule has 0 radical (unpaired) electrons. The molecule has 0 aliphatic carbocycles. The number of aromatic nitrogens is 1. The number of ether oxygens (including phenoxy) is 1.